The van der Waals surface area contributed by atoms with Gasteiger partial charge in [-0.15, -0.1) is 0 Å². The van der Waals surface area contributed by atoms with Crippen LogP contribution in [0.3, 0.4) is 0 Å². The molecule has 0 aromatic heterocycles. The Kier molecular flexibility index (Phi) is 6.03. The maximum absolute atomic E-state index is 11.6. The summed E-state index contributed by atoms with van der Waals surface area (Å²) in [6.45, 7) is 4.13. The fourth-order valence-electron chi connectivity index (χ4n) is 2.22. The molecule has 106 valence electrons. The topological polar surface area (TPSA) is 63.3 Å². The molecule has 0 spiro atoms. The van der Waals surface area contributed by atoms with Crippen LogP contribution < -0.4 is 5.73 Å². The summed E-state index contributed by atoms with van der Waals surface area (Å²) >= 11 is 0. The van der Waals surface area contributed by atoms with Gasteiger partial charge in [0.25, 0.3) is 5.91 Å². The van der Waals surface area contributed by atoms with Crippen molar-refractivity contribution < 1.29 is 9.90 Å². The Labute approximate surface area is 115 Å². The summed E-state index contributed by atoms with van der Waals surface area (Å²) in [6, 6.07) is 7.35. The molecule has 1 rings (SSSR count). The van der Waals surface area contributed by atoms with Gasteiger partial charge in [-0.25, -0.2) is 0 Å². The summed E-state index contributed by atoms with van der Waals surface area (Å²) in [4.78, 5) is 11.6. The average molecular weight is 263 g/mol. The van der Waals surface area contributed by atoms with Gasteiger partial charge in [0.05, 0.1) is 0 Å². The van der Waals surface area contributed by atoms with Gasteiger partial charge in [-0.1, -0.05) is 62.4 Å². The van der Waals surface area contributed by atoms with Gasteiger partial charge in [0.1, 0.15) is 0 Å². The van der Waals surface area contributed by atoms with Gasteiger partial charge in [-0.3, -0.25) is 4.79 Å². The Morgan fingerprint density at radius 2 is 1.74 bits per heavy atom. The van der Waals surface area contributed by atoms with Crippen LogP contribution in [0.4, 0.5) is 0 Å². The van der Waals surface area contributed by atoms with Gasteiger partial charge < -0.3 is 10.8 Å². The standard InChI is InChI=1S/C16H25NO2/c1-3-4-5-6-7-12-16(19,15(17)18)14-10-8-13(2)9-11-14/h8-11,19H,3-7,12H2,1-2H3,(H2,17,18). The molecule has 0 fully saturated rings. The summed E-state index contributed by atoms with van der Waals surface area (Å²) in [5, 5.41) is 10.5. The number of amides is 1. The predicted molar refractivity (Wildman–Crippen MR) is 77.6 cm³/mol. The van der Waals surface area contributed by atoms with E-state index in [-0.39, 0.29) is 0 Å². The second-order valence-corrected chi connectivity index (χ2v) is 5.25. The number of aliphatic hydroxyl groups is 1. The molecule has 0 bridgehead atoms. The van der Waals surface area contributed by atoms with Gasteiger partial charge in [0, 0.05) is 0 Å². The Morgan fingerprint density at radius 1 is 1.16 bits per heavy atom. The molecule has 0 radical (unpaired) electrons. The van der Waals surface area contributed by atoms with Crippen molar-refractivity contribution in [1.82, 2.24) is 0 Å². The van der Waals surface area contributed by atoms with E-state index in [0.717, 1.165) is 24.8 Å². The van der Waals surface area contributed by atoms with Crippen LogP contribution in [0.5, 0.6) is 0 Å². The van der Waals surface area contributed by atoms with E-state index in [1.165, 1.54) is 12.8 Å². The molecule has 3 nitrogen and oxygen atoms in total. The van der Waals surface area contributed by atoms with Crippen LogP contribution in [0.15, 0.2) is 24.3 Å². The van der Waals surface area contributed by atoms with Gasteiger partial charge in [0.2, 0.25) is 0 Å². The number of hydrogen-bond acceptors (Lipinski definition) is 2. The zero-order valence-corrected chi connectivity index (χ0v) is 12.0. The minimum absolute atomic E-state index is 0.398. The molecule has 1 aromatic carbocycles. The quantitative estimate of drug-likeness (QED) is 0.708. The van der Waals surface area contributed by atoms with Gasteiger partial charge in [0.15, 0.2) is 5.60 Å². The Hall–Kier alpha value is -1.35. The Bertz CT molecular complexity index is 400. The third-order valence-corrected chi connectivity index (χ3v) is 3.58. The lowest BCUT2D eigenvalue weighted by atomic mass is 9.87. The average Bonchev–Trinajstić information content (AvgIpc) is 2.38. The summed E-state index contributed by atoms with van der Waals surface area (Å²) in [7, 11) is 0. The Balaban J connectivity index is 2.69. The van der Waals surface area contributed by atoms with Crippen molar-refractivity contribution in [2.45, 2.75) is 58.0 Å². The van der Waals surface area contributed by atoms with E-state index in [0.29, 0.717) is 12.0 Å². The zero-order valence-electron chi connectivity index (χ0n) is 12.0. The lowest BCUT2D eigenvalue weighted by molar-refractivity contribution is -0.138. The maximum Gasteiger partial charge on any atom is 0.254 e. The van der Waals surface area contributed by atoms with Crippen LogP contribution in [0.1, 0.15) is 56.6 Å². The highest BCUT2D eigenvalue weighted by molar-refractivity contribution is 5.84. The lowest BCUT2D eigenvalue weighted by Gasteiger charge is -2.25. The normalized spacial score (nSPS) is 14.1. The highest BCUT2D eigenvalue weighted by Gasteiger charge is 2.35. The molecule has 1 atom stereocenters. The van der Waals surface area contributed by atoms with E-state index in [2.05, 4.69) is 6.92 Å². The van der Waals surface area contributed by atoms with Crippen LogP contribution >= 0.6 is 0 Å². The van der Waals surface area contributed by atoms with Crippen molar-refractivity contribution in [3.8, 4) is 0 Å². The third kappa shape index (κ3) is 4.35. The molecule has 3 N–H and O–H groups in total. The van der Waals surface area contributed by atoms with Crippen LogP contribution in [0.25, 0.3) is 0 Å². The third-order valence-electron chi connectivity index (χ3n) is 3.58. The van der Waals surface area contributed by atoms with Crippen LogP contribution in [0, 0.1) is 6.92 Å². The fraction of sp³-hybridized carbons (Fsp3) is 0.562. The molecule has 0 aliphatic carbocycles. The minimum Gasteiger partial charge on any atom is -0.375 e. The van der Waals surface area contributed by atoms with E-state index in [1.807, 2.05) is 19.1 Å². The minimum atomic E-state index is -1.53. The molecule has 1 unspecified atom stereocenters. The van der Waals surface area contributed by atoms with Gasteiger partial charge in [-0.05, 0) is 25.3 Å². The highest BCUT2D eigenvalue weighted by atomic mass is 16.3. The summed E-state index contributed by atoms with van der Waals surface area (Å²) in [5.41, 5.74) is 5.56. The largest absolute Gasteiger partial charge is 0.375 e. The van der Waals surface area contributed by atoms with Crippen molar-refractivity contribution in [3.05, 3.63) is 35.4 Å². The van der Waals surface area contributed by atoms with Crippen molar-refractivity contribution in [3.63, 3.8) is 0 Å². The second kappa shape index (κ2) is 7.29. The molecule has 0 saturated heterocycles. The van der Waals surface area contributed by atoms with Gasteiger partial charge >= 0.3 is 0 Å². The first-order valence-corrected chi connectivity index (χ1v) is 7.10. The van der Waals surface area contributed by atoms with Crippen molar-refractivity contribution >= 4 is 5.91 Å². The molecular weight excluding hydrogens is 238 g/mol. The number of nitrogens with two attached hydrogens (primary N) is 1. The van der Waals surface area contributed by atoms with E-state index in [1.54, 1.807) is 12.1 Å². The van der Waals surface area contributed by atoms with E-state index in [9.17, 15) is 9.90 Å². The first-order chi connectivity index (χ1) is 9.00. The fourth-order valence-corrected chi connectivity index (χ4v) is 2.22. The molecule has 0 aliphatic heterocycles. The number of benzene rings is 1. The van der Waals surface area contributed by atoms with Crippen LogP contribution in [-0.2, 0) is 10.4 Å². The van der Waals surface area contributed by atoms with Crippen LogP contribution in [-0.4, -0.2) is 11.0 Å². The number of primary amides is 1. The molecule has 0 saturated carbocycles. The van der Waals surface area contributed by atoms with E-state index < -0.39 is 11.5 Å². The molecular formula is C16H25NO2. The van der Waals surface area contributed by atoms with Crippen molar-refractivity contribution in [2.75, 3.05) is 0 Å². The highest BCUT2D eigenvalue weighted by Crippen LogP contribution is 2.27. The molecule has 1 amide bonds. The first-order valence-electron chi connectivity index (χ1n) is 7.10. The van der Waals surface area contributed by atoms with Crippen molar-refractivity contribution in [1.29, 1.82) is 0 Å². The molecule has 19 heavy (non-hydrogen) atoms. The van der Waals surface area contributed by atoms with E-state index >= 15 is 0 Å². The monoisotopic (exact) mass is 263 g/mol. The first kappa shape index (κ1) is 15.7. The SMILES string of the molecule is CCCCCCCC(O)(C(N)=O)c1ccc(C)cc1. The molecule has 0 heterocycles. The molecule has 3 heteroatoms. The number of aryl methyl sites for hydroxylation is 1. The zero-order chi connectivity index (χ0) is 14.3. The van der Waals surface area contributed by atoms with Gasteiger partial charge in [-0.2, -0.15) is 0 Å². The number of rotatable bonds is 8. The van der Waals surface area contributed by atoms with Crippen molar-refractivity contribution in [2.24, 2.45) is 5.73 Å². The lowest BCUT2D eigenvalue weighted by Crippen LogP contribution is -2.41. The second-order valence-electron chi connectivity index (χ2n) is 5.25. The predicted octanol–water partition coefficient (Wildman–Crippen LogP) is 3.03. The van der Waals surface area contributed by atoms with Crippen LogP contribution in [0.2, 0.25) is 0 Å². The summed E-state index contributed by atoms with van der Waals surface area (Å²) < 4.78 is 0. The number of carbonyl (C=O) groups excluding carboxylic acids is 1. The molecule has 0 aliphatic rings. The Morgan fingerprint density at radius 3 is 2.26 bits per heavy atom. The summed E-state index contributed by atoms with van der Waals surface area (Å²) in [5.74, 6) is -0.660. The maximum atomic E-state index is 11.6. The van der Waals surface area contributed by atoms with E-state index in [4.69, 9.17) is 5.73 Å². The number of unbranched alkanes of at least 4 members (excludes halogenated alkanes) is 4. The number of hydrogen-bond donors (Lipinski definition) is 2. The smallest absolute Gasteiger partial charge is 0.254 e. The molecule has 1 aromatic rings. The number of carbonyl (C=O) groups is 1. The summed E-state index contributed by atoms with van der Waals surface area (Å²) in [6.07, 6.45) is 5.74.